The SMILES string of the molecule is CC(C)c1nnc2n1C(F)(F)CCC2. The van der Waals surface area contributed by atoms with Crippen molar-refractivity contribution in [3.05, 3.63) is 11.6 Å². The third kappa shape index (κ3) is 1.31. The molecule has 0 spiro atoms. The summed E-state index contributed by atoms with van der Waals surface area (Å²) in [5.41, 5.74) is 0. The standard InChI is InChI=1S/C9H13F2N3/c1-6(2)8-13-12-7-4-3-5-9(10,11)14(7)8/h6H,3-5H2,1-2H3. The molecular weight excluding hydrogens is 188 g/mol. The van der Waals surface area contributed by atoms with E-state index in [0.717, 1.165) is 4.57 Å². The molecule has 14 heavy (non-hydrogen) atoms. The highest BCUT2D eigenvalue weighted by molar-refractivity contribution is 5.05. The predicted molar refractivity (Wildman–Crippen MR) is 47.2 cm³/mol. The Balaban J connectivity index is 2.53. The van der Waals surface area contributed by atoms with Gasteiger partial charge in [-0.15, -0.1) is 10.2 Å². The molecule has 1 aliphatic rings. The fourth-order valence-electron chi connectivity index (χ4n) is 1.79. The Morgan fingerprint density at radius 3 is 2.71 bits per heavy atom. The van der Waals surface area contributed by atoms with Crippen LogP contribution in [0.25, 0.3) is 0 Å². The minimum Gasteiger partial charge on any atom is -0.253 e. The summed E-state index contributed by atoms with van der Waals surface area (Å²) in [6.07, 6.45) is 0.996. The van der Waals surface area contributed by atoms with Crippen LogP contribution in [0.1, 0.15) is 44.3 Å². The van der Waals surface area contributed by atoms with E-state index in [4.69, 9.17) is 0 Å². The van der Waals surface area contributed by atoms with Crippen LogP contribution in [0.15, 0.2) is 0 Å². The van der Waals surface area contributed by atoms with Gasteiger partial charge in [0, 0.05) is 18.8 Å². The largest absolute Gasteiger partial charge is 0.331 e. The van der Waals surface area contributed by atoms with Crippen LogP contribution in [-0.4, -0.2) is 14.8 Å². The zero-order valence-electron chi connectivity index (χ0n) is 8.30. The Bertz CT molecular complexity index is 344. The van der Waals surface area contributed by atoms with Gasteiger partial charge in [-0.05, 0) is 6.42 Å². The first-order valence-corrected chi connectivity index (χ1v) is 4.85. The molecule has 0 radical (unpaired) electrons. The lowest BCUT2D eigenvalue weighted by Gasteiger charge is -2.26. The summed E-state index contributed by atoms with van der Waals surface area (Å²) in [5.74, 6) is 0.801. The number of halogens is 2. The highest BCUT2D eigenvalue weighted by Gasteiger charge is 2.39. The van der Waals surface area contributed by atoms with Crippen LogP contribution in [0.2, 0.25) is 0 Å². The molecule has 0 bridgehead atoms. The Morgan fingerprint density at radius 1 is 1.36 bits per heavy atom. The van der Waals surface area contributed by atoms with E-state index in [9.17, 15) is 8.78 Å². The van der Waals surface area contributed by atoms with E-state index in [1.165, 1.54) is 0 Å². The number of fused-ring (bicyclic) bond motifs is 1. The van der Waals surface area contributed by atoms with Gasteiger partial charge in [-0.3, -0.25) is 4.57 Å². The van der Waals surface area contributed by atoms with Crippen LogP contribution in [0.4, 0.5) is 8.78 Å². The van der Waals surface area contributed by atoms with E-state index in [1.54, 1.807) is 0 Å². The van der Waals surface area contributed by atoms with Crippen molar-refractivity contribution >= 4 is 0 Å². The molecule has 0 atom stereocenters. The lowest BCUT2D eigenvalue weighted by atomic mass is 10.1. The fraction of sp³-hybridized carbons (Fsp3) is 0.778. The molecule has 2 rings (SSSR count). The molecule has 78 valence electrons. The van der Waals surface area contributed by atoms with Crippen LogP contribution in [-0.2, 0) is 12.5 Å². The Kier molecular flexibility index (Phi) is 2.05. The number of nitrogens with zero attached hydrogens (tertiary/aromatic N) is 3. The van der Waals surface area contributed by atoms with E-state index in [2.05, 4.69) is 10.2 Å². The quantitative estimate of drug-likeness (QED) is 0.697. The van der Waals surface area contributed by atoms with Crippen molar-refractivity contribution < 1.29 is 8.78 Å². The summed E-state index contributed by atoms with van der Waals surface area (Å²) < 4.78 is 28.1. The molecule has 3 nitrogen and oxygen atoms in total. The van der Waals surface area contributed by atoms with Crippen molar-refractivity contribution in [2.24, 2.45) is 0 Å². The van der Waals surface area contributed by atoms with Gasteiger partial charge in [-0.1, -0.05) is 13.8 Å². The monoisotopic (exact) mass is 201 g/mol. The summed E-state index contributed by atoms with van der Waals surface area (Å²) >= 11 is 0. The minimum absolute atomic E-state index is 0.0137. The maximum Gasteiger partial charge on any atom is 0.331 e. The average Bonchev–Trinajstić information content (AvgIpc) is 2.48. The molecule has 0 saturated heterocycles. The molecule has 1 aliphatic heterocycles. The Labute approximate surface area is 81.1 Å². The van der Waals surface area contributed by atoms with Crippen molar-refractivity contribution in [2.45, 2.75) is 45.1 Å². The lowest BCUT2D eigenvalue weighted by molar-refractivity contribution is -0.103. The zero-order chi connectivity index (χ0) is 10.3. The molecule has 0 aliphatic carbocycles. The van der Waals surface area contributed by atoms with E-state index in [1.807, 2.05) is 13.8 Å². The molecule has 1 aromatic heterocycles. The van der Waals surface area contributed by atoms with Crippen LogP contribution in [0.3, 0.4) is 0 Å². The van der Waals surface area contributed by atoms with E-state index < -0.39 is 6.05 Å². The number of rotatable bonds is 1. The maximum atomic E-state index is 13.5. The number of hydrogen-bond acceptors (Lipinski definition) is 2. The van der Waals surface area contributed by atoms with Crippen LogP contribution in [0.5, 0.6) is 0 Å². The lowest BCUT2D eigenvalue weighted by Crippen LogP contribution is -2.31. The number of aryl methyl sites for hydroxylation is 1. The molecule has 0 aromatic carbocycles. The normalized spacial score (nSPS) is 19.8. The van der Waals surface area contributed by atoms with E-state index in [0.29, 0.717) is 24.5 Å². The van der Waals surface area contributed by atoms with E-state index >= 15 is 0 Å². The summed E-state index contributed by atoms with van der Waals surface area (Å²) in [5, 5.41) is 7.63. The molecule has 0 N–H and O–H groups in total. The zero-order valence-corrected chi connectivity index (χ0v) is 8.30. The maximum absolute atomic E-state index is 13.5. The highest BCUT2D eigenvalue weighted by Crippen LogP contribution is 2.35. The van der Waals surface area contributed by atoms with Crippen molar-refractivity contribution in [3.63, 3.8) is 0 Å². The predicted octanol–water partition coefficient (Wildman–Crippen LogP) is 2.29. The molecule has 2 heterocycles. The second-order valence-electron chi connectivity index (χ2n) is 3.98. The van der Waals surface area contributed by atoms with Gasteiger partial charge in [0.2, 0.25) is 0 Å². The number of aromatic nitrogens is 3. The first-order chi connectivity index (χ1) is 6.52. The Morgan fingerprint density at radius 2 is 2.07 bits per heavy atom. The second kappa shape index (κ2) is 3.00. The van der Waals surface area contributed by atoms with Gasteiger partial charge in [0.25, 0.3) is 0 Å². The minimum atomic E-state index is -2.79. The number of alkyl halides is 2. The van der Waals surface area contributed by atoms with Crippen molar-refractivity contribution in [2.75, 3.05) is 0 Å². The van der Waals surface area contributed by atoms with Crippen LogP contribution >= 0.6 is 0 Å². The molecule has 1 aromatic rings. The third-order valence-corrected chi connectivity index (χ3v) is 2.48. The van der Waals surface area contributed by atoms with Gasteiger partial charge in [-0.25, -0.2) is 0 Å². The smallest absolute Gasteiger partial charge is 0.253 e. The van der Waals surface area contributed by atoms with Crippen molar-refractivity contribution in [3.8, 4) is 0 Å². The first-order valence-electron chi connectivity index (χ1n) is 4.85. The van der Waals surface area contributed by atoms with Crippen LogP contribution < -0.4 is 0 Å². The third-order valence-electron chi connectivity index (χ3n) is 2.48. The molecule has 0 fully saturated rings. The average molecular weight is 201 g/mol. The molecule has 0 saturated carbocycles. The van der Waals surface area contributed by atoms with Gasteiger partial charge in [0.05, 0.1) is 0 Å². The van der Waals surface area contributed by atoms with Gasteiger partial charge >= 0.3 is 6.05 Å². The summed E-state index contributed by atoms with van der Waals surface area (Å²) in [6.45, 7) is 3.70. The second-order valence-corrected chi connectivity index (χ2v) is 3.98. The summed E-state index contributed by atoms with van der Waals surface area (Å²) in [7, 11) is 0. The summed E-state index contributed by atoms with van der Waals surface area (Å²) in [4.78, 5) is 0. The van der Waals surface area contributed by atoms with E-state index in [-0.39, 0.29) is 12.3 Å². The molecular formula is C9H13F2N3. The Hall–Kier alpha value is -1.00. The molecule has 0 unspecified atom stereocenters. The highest BCUT2D eigenvalue weighted by atomic mass is 19.3. The molecule has 5 heteroatoms. The molecule has 0 amide bonds. The van der Waals surface area contributed by atoms with Gasteiger partial charge in [0.1, 0.15) is 11.6 Å². The first kappa shape index (κ1) is 9.55. The fourth-order valence-corrected chi connectivity index (χ4v) is 1.79. The topological polar surface area (TPSA) is 30.7 Å². The van der Waals surface area contributed by atoms with Crippen LogP contribution in [0, 0.1) is 0 Å². The van der Waals surface area contributed by atoms with Crippen molar-refractivity contribution in [1.82, 2.24) is 14.8 Å². The number of hydrogen-bond donors (Lipinski definition) is 0. The summed E-state index contributed by atoms with van der Waals surface area (Å²) in [6, 6.07) is -2.79. The van der Waals surface area contributed by atoms with Gasteiger partial charge < -0.3 is 0 Å². The van der Waals surface area contributed by atoms with Crippen molar-refractivity contribution in [1.29, 1.82) is 0 Å². The van der Waals surface area contributed by atoms with Gasteiger partial charge in [0.15, 0.2) is 0 Å². The van der Waals surface area contributed by atoms with Gasteiger partial charge in [-0.2, -0.15) is 8.78 Å².